The Morgan fingerprint density at radius 2 is 2.06 bits per heavy atom. The van der Waals surface area contributed by atoms with Gasteiger partial charge in [-0.3, -0.25) is 0 Å². The van der Waals surface area contributed by atoms with Gasteiger partial charge in [-0.05, 0) is 26.0 Å². The molecule has 0 saturated heterocycles. The summed E-state index contributed by atoms with van der Waals surface area (Å²) in [5.41, 5.74) is 0.909. The van der Waals surface area contributed by atoms with Crippen molar-refractivity contribution in [3.63, 3.8) is 0 Å². The van der Waals surface area contributed by atoms with Crippen molar-refractivity contribution in [2.24, 2.45) is 4.99 Å². The highest BCUT2D eigenvalue weighted by atomic mass is 16.5. The summed E-state index contributed by atoms with van der Waals surface area (Å²) in [5.74, 6) is 1.53. The van der Waals surface area contributed by atoms with E-state index in [0.717, 1.165) is 11.3 Å². The van der Waals surface area contributed by atoms with Crippen LogP contribution in [0.15, 0.2) is 35.3 Å². The first-order valence-corrected chi connectivity index (χ1v) is 5.64. The van der Waals surface area contributed by atoms with Gasteiger partial charge in [-0.1, -0.05) is 18.2 Å². The molecule has 0 radical (unpaired) electrons. The van der Waals surface area contributed by atoms with Gasteiger partial charge < -0.3 is 9.47 Å². The lowest BCUT2D eigenvalue weighted by molar-refractivity contribution is 0.280. The molecule has 0 aliphatic carbocycles. The van der Waals surface area contributed by atoms with Crippen LogP contribution in [0.25, 0.3) is 6.08 Å². The van der Waals surface area contributed by atoms with Crippen LogP contribution in [-0.4, -0.2) is 25.2 Å². The lowest BCUT2D eigenvalue weighted by Crippen LogP contribution is -2.17. The predicted molar refractivity (Wildman–Crippen MR) is 69.5 cm³/mol. The maximum atomic E-state index is 5.49. The zero-order chi connectivity index (χ0) is 12.3. The Labute approximate surface area is 102 Å². The molecule has 1 aliphatic heterocycles. The second kappa shape index (κ2) is 4.62. The number of methoxy groups -OCH3 is 1. The summed E-state index contributed by atoms with van der Waals surface area (Å²) in [6.45, 7) is 4.74. The third-order valence-electron chi connectivity index (χ3n) is 2.53. The molecule has 3 heteroatoms. The average molecular weight is 231 g/mol. The molecule has 0 unspecified atom stereocenters. The normalized spacial score (nSPS) is 17.9. The summed E-state index contributed by atoms with van der Waals surface area (Å²) >= 11 is 0. The molecule has 90 valence electrons. The average Bonchev–Trinajstić information content (AvgIpc) is 2.67. The monoisotopic (exact) mass is 231 g/mol. The molecule has 0 atom stereocenters. The zero-order valence-corrected chi connectivity index (χ0v) is 10.4. The van der Waals surface area contributed by atoms with Gasteiger partial charge in [-0.2, -0.15) is 0 Å². The van der Waals surface area contributed by atoms with Crippen molar-refractivity contribution in [1.82, 2.24) is 0 Å². The molecule has 0 amide bonds. The number of benzene rings is 1. The van der Waals surface area contributed by atoms with Crippen molar-refractivity contribution in [2.75, 3.05) is 13.7 Å². The van der Waals surface area contributed by atoms with Crippen molar-refractivity contribution in [3.8, 4) is 5.75 Å². The second-order valence-corrected chi connectivity index (χ2v) is 4.63. The van der Waals surface area contributed by atoms with E-state index >= 15 is 0 Å². The van der Waals surface area contributed by atoms with Crippen LogP contribution in [0.4, 0.5) is 0 Å². The van der Waals surface area contributed by atoms with E-state index in [4.69, 9.17) is 9.47 Å². The van der Waals surface area contributed by atoms with Crippen molar-refractivity contribution in [3.05, 3.63) is 35.9 Å². The molecular formula is C14H17NO2. The Morgan fingerprint density at radius 3 is 2.71 bits per heavy atom. The summed E-state index contributed by atoms with van der Waals surface area (Å²) in [7, 11) is 1.67. The van der Waals surface area contributed by atoms with Gasteiger partial charge in [0.25, 0.3) is 0 Å². The van der Waals surface area contributed by atoms with Crippen LogP contribution in [0.5, 0.6) is 5.75 Å². The zero-order valence-electron chi connectivity index (χ0n) is 10.4. The number of nitrogens with zero attached hydrogens (tertiary/aromatic N) is 1. The van der Waals surface area contributed by atoms with Crippen molar-refractivity contribution < 1.29 is 9.47 Å². The third-order valence-corrected chi connectivity index (χ3v) is 2.53. The predicted octanol–water partition coefficient (Wildman–Crippen LogP) is 2.92. The van der Waals surface area contributed by atoms with Gasteiger partial charge >= 0.3 is 0 Å². The smallest absolute Gasteiger partial charge is 0.209 e. The van der Waals surface area contributed by atoms with E-state index < -0.39 is 0 Å². The fourth-order valence-electron chi connectivity index (χ4n) is 1.66. The summed E-state index contributed by atoms with van der Waals surface area (Å²) in [6.07, 6.45) is 3.84. The first-order valence-electron chi connectivity index (χ1n) is 5.64. The SMILES string of the molecule is COc1ccccc1C=CC1=NC(C)(C)CO1. The standard InChI is InChI=1S/C14H17NO2/c1-14(2)10-17-13(15-14)9-8-11-6-4-5-7-12(11)16-3/h4-9H,10H2,1-3H3. The maximum Gasteiger partial charge on any atom is 0.209 e. The van der Waals surface area contributed by atoms with Crippen LogP contribution in [0.1, 0.15) is 19.4 Å². The molecule has 0 fully saturated rings. The van der Waals surface area contributed by atoms with Crippen LogP contribution < -0.4 is 4.74 Å². The minimum absolute atomic E-state index is 0.111. The van der Waals surface area contributed by atoms with E-state index in [1.807, 2.05) is 36.4 Å². The Kier molecular flexibility index (Phi) is 3.18. The lowest BCUT2D eigenvalue weighted by atomic mass is 10.1. The van der Waals surface area contributed by atoms with E-state index in [1.54, 1.807) is 7.11 Å². The minimum Gasteiger partial charge on any atom is -0.496 e. The van der Waals surface area contributed by atoms with Crippen LogP contribution in [-0.2, 0) is 4.74 Å². The largest absolute Gasteiger partial charge is 0.496 e. The molecule has 2 rings (SSSR count). The molecule has 1 aromatic rings. The molecule has 1 heterocycles. The number of aliphatic imine (C=N–C) groups is 1. The van der Waals surface area contributed by atoms with E-state index in [0.29, 0.717) is 12.5 Å². The molecule has 0 N–H and O–H groups in total. The number of hydrogen-bond donors (Lipinski definition) is 0. The Balaban J connectivity index is 2.16. The van der Waals surface area contributed by atoms with Gasteiger partial charge in [-0.15, -0.1) is 0 Å². The van der Waals surface area contributed by atoms with Gasteiger partial charge in [0.05, 0.1) is 12.6 Å². The molecule has 1 aliphatic rings. The van der Waals surface area contributed by atoms with Gasteiger partial charge in [0.1, 0.15) is 12.4 Å². The van der Waals surface area contributed by atoms with Gasteiger partial charge in [0, 0.05) is 11.6 Å². The van der Waals surface area contributed by atoms with E-state index in [-0.39, 0.29) is 5.54 Å². The van der Waals surface area contributed by atoms with Crippen molar-refractivity contribution in [2.45, 2.75) is 19.4 Å². The summed E-state index contributed by atoms with van der Waals surface area (Å²) < 4.78 is 10.8. The summed E-state index contributed by atoms with van der Waals surface area (Å²) in [6, 6.07) is 7.85. The van der Waals surface area contributed by atoms with Crippen molar-refractivity contribution in [1.29, 1.82) is 0 Å². The first kappa shape index (κ1) is 11.7. The lowest BCUT2D eigenvalue weighted by Gasteiger charge is -2.07. The molecule has 3 nitrogen and oxygen atoms in total. The summed E-state index contributed by atoms with van der Waals surface area (Å²) in [4.78, 5) is 4.46. The second-order valence-electron chi connectivity index (χ2n) is 4.63. The fourth-order valence-corrected chi connectivity index (χ4v) is 1.66. The number of ether oxygens (including phenoxy) is 2. The van der Waals surface area contributed by atoms with Gasteiger partial charge in [0.15, 0.2) is 0 Å². The number of hydrogen-bond acceptors (Lipinski definition) is 3. The highest BCUT2D eigenvalue weighted by Gasteiger charge is 2.24. The van der Waals surface area contributed by atoms with E-state index in [2.05, 4.69) is 18.8 Å². The van der Waals surface area contributed by atoms with Crippen LogP contribution in [0.2, 0.25) is 0 Å². The maximum absolute atomic E-state index is 5.49. The third kappa shape index (κ3) is 2.87. The molecule has 0 bridgehead atoms. The number of rotatable bonds is 3. The Hall–Kier alpha value is -1.77. The fraction of sp³-hybridized carbons (Fsp3) is 0.357. The van der Waals surface area contributed by atoms with Crippen LogP contribution in [0, 0.1) is 0 Å². The molecule has 0 spiro atoms. The molecule has 1 aromatic carbocycles. The number of para-hydroxylation sites is 1. The molecule has 0 aromatic heterocycles. The first-order chi connectivity index (χ1) is 8.11. The molecular weight excluding hydrogens is 214 g/mol. The molecule has 0 saturated carbocycles. The van der Waals surface area contributed by atoms with E-state index in [1.165, 1.54) is 0 Å². The topological polar surface area (TPSA) is 30.8 Å². The Morgan fingerprint density at radius 1 is 1.29 bits per heavy atom. The van der Waals surface area contributed by atoms with Crippen LogP contribution >= 0.6 is 0 Å². The minimum atomic E-state index is -0.111. The highest BCUT2D eigenvalue weighted by Crippen LogP contribution is 2.21. The quantitative estimate of drug-likeness (QED) is 0.800. The van der Waals surface area contributed by atoms with Gasteiger partial charge in [0.2, 0.25) is 5.90 Å². The van der Waals surface area contributed by atoms with Crippen LogP contribution in [0.3, 0.4) is 0 Å². The molecule has 17 heavy (non-hydrogen) atoms. The van der Waals surface area contributed by atoms with Crippen molar-refractivity contribution >= 4 is 12.0 Å². The highest BCUT2D eigenvalue weighted by molar-refractivity contribution is 5.93. The Bertz CT molecular complexity index is 461. The summed E-state index contributed by atoms with van der Waals surface area (Å²) in [5, 5.41) is 0. The van der Waals surface area contributed by atoms with Gasteiger partial charge in [-0.25, -0.2) is 4.99 Å². The van der Waals surface area contributed by atoms with E-state index in [9.17, 15) is 0 Å².